The van der Waals surface area contributed by atoms with E-state index in [2.05, 4.69) is 10.4 Å². The van der Waals surface area contributed by atoms with Crippen LogP contribution in [0.2, 0.25) is 0 Å². The Hall–Kier alpha value is -1.96. The smallest absolute Gasteiger partial charge is 0.252 e. The van der Waals surface area contributed by atoms with Crippen molar-refractivity contribution in [1.29, 1.82) is 0 Å². The minimum atomic E-state index is -3.03. The number of nitrogens with one attached hydrogen (secondary N) is 1. The van der Waals surface area contributed by atoms with E-state index in [1.807, 2.05) is 13.0 Å². The Bertz CT molecular complexity index is 1080. The van der Waals surface area contributed by atoms with Crippen LogP contribution in [-0.2, 0) is 9.84 Å². The van der Waals surface area contributed by atoms with Gasteiger partial charge in [-0.1, -0.05) is 25.7 Å². The Kier molecular flexibility index (Phi) is 5.08. The maximum atomic E-state index is 13.3. The summed E-state index contributed by atoms with van der Waals surface area (Å²) in [6.07, 6.45) is 9.62. The molecule has 5 rings (SSSR count). The third-order valence-corrected chi connectivity index (χ3v) is 8.59. The van der Waals surface area contributed by atoms with E-state index in [0.29, 0.717) is 23.5 Å². The molecule has 0 radical (unpaired) electrons. The lowest BCUT2D eigenvalue weighted by Crippen LogP contribution is -2.34. The van der Waals surface area contributed by atoms with Crippen LogP contribution >= 0.6 is 0 Å². The number of hydrogen-bond donors (Lipinski definition) is 1. The van der Waals surface area contributed by atoms with Crippen LogP contribution in [0.5, 0.6) is 0 Å². The number of rotatable bonds is 4. The molecule has 3 fully saturated rings. The lowest BCUT2D eigenvalue weighted by molar-refractivity contribution is 0.0935. The molecule has 0 spiro atoms. The molecule has 2 saturated carbocycles. The SMILES string of the molecule is Cc1nn([C@H]2CCS(=O)(=O)C2)c2nc(C3CC3)cc(C(=O)NC3CCCCCC3)c12. The third-order valence-electron chi connectivity index (χ3n) is 6.84. The number of nitrogens with zero attached hydrogens (tertiary/aromatic N) is 3. The number of aryl methyl sites for hydroxylation is 1. The zero-order valence-electron chi connectivity index (χ0n) is 17.6. The number of fused-ring (bicyclic) bond motifs is 1. The van der Waals surface area contributed by atoms with Gasteiger partial charge in [-0.25, -0.2) is 18.1 Å². The van der Waals surface area contributed by atoms with Crippen LogP contribution in [0.15, 0.2) is 6.07 Å². The van der Waals surface area contributed by atoms with Crippen LogP contribution in [0.3, 0.4) is 0 Å². The lowest BCUT2D eigenvalue weighted by Gasteiger charge is -2.17. The molecule has 2 aliphatic carbocycles. The molecule has 7 nitrogen and oxygen atoms in total. The second-order valence-electron chi connectivity index (χ2n) is 9.32. The van der Waals surface area contributed by atoms with Crippen LogP contribution in [-0.4, -0.2) is 46.6 Å². The number of sulfone groups is 1. The molecule has 3 aliphatic rings. The molecule has 1 N–H and O–H groups in total. The van der Waals surface area contributed by atoms with Crippen molar-refractivity contribution in [3.8, 4) is 0 Å². The third kappa shape index (κ3) is 3.86. The summed E-state index contributed by atoms with van der Waals surface area (Å²) in [6, 6.07) is 1.98. The molecule has 0 aromatic carbocycles. The minimum absolute atomic E-state index is 0.0436. The molecule has 30 heavy (non-hydrogen) atoms. The number of carbonyl (C=O) groups excluding carboxylic acids is 1. The van der Waals surface area contributed by atoms with Gasteiger partial charge in [-0.2, -0.15) is 5.10 Å². The van der Waals surface area contributed by atoms with E-state index < -0.39 is 9.84 Å². The van der Waals surface area contributed by atoms with Gasteiger partial charge in [0.2, 0.25) is 0 Å². The minimum Gasteiger partial charge on any atom is -0.349 e. The van der Waals surface area contributed by atoms with Gasteiger partial charge in [-0.3, -0.25) is 4.79 Å². The normalized spacial score (nSPS) is 24.8. The van der Waals surface area contributed by atoms with Crippen molar-refractivity contribution < 1.29 is 13.2 Å². The second-order valence-corrected chi connectivity index (χ2v) is 11.5. The van der Waals surface area contributed by atoms with Gasteiger partial charge in [-0.05, 0) is 45.1 Å². The van der Waals surface area contributed by atoms with Gasteiger partial charge in [0.1, 0.15) is 0 Å². The highest BCUT2D eigenvalue weighted by Crippen LogP contribution is 2.41. The summed E-state index contributed by atoms with van der Waals surface area (Å²) in [5.41, 5.74) is 3.01. The maximum Gasteiger partial charge on any atom is 0.252 e. The van der Waals surface area contributed by atoms with E-state index >= 15 is 0 Å². The molecule has 1 atom stereocenters. The summed E-state index contributed by atoms with van der Waals surface area (Å²) in [7, 11) is -3.03. The van der Waals surface area contributed by atoms with Gasteiger partial charge in [0, 0.05) is 17.7 Å². The van der Waals surface area contributed by atoms with E-state index in [1.165, 1.54) is 12.8 Å². The number of amides is 1. The first-order valence-corrected chi connectivity index (χ1v) is 13.1. The van der Waals surface area contributed by atoms with Crippen LogP contribution in [0.25, 0.3) is 11.0 Å². The second kappa shape index (κ2) is 7.62. The van der Waals surface area contributed by atoms with Crippen molar-refractivity contribution in [2.45, 2.75) is 82.7 Å². The first kappa shape index (κ1) is 20.0. The van der Waals surface area contributed by atoms with Gasteiger partial charge in [0.25, 0.3) is 5.91 Å². The van der Waals surface area contributed by atoms with E-state index in [9.17, 15) is 13.2 Å². The van der Waals surface area contributed by atoms with Gasteiger partial charge in [-0.15, -0.1) is 0 Å². The zero-order valence-corrected chi connectivity index (χ0v) is 18.4. The summed E-state index contributed by atoms with van der Waals surface area (Å²) in [4.78, 5) is 18.2. The van der Waals surface area contributed by atoms with Crippen molar-refractivity contribution in [2.24, 2.45) is 0 Å². The predicted molar refractivity (Wildman–Crippen MR) is 116 cm³/mol. The van der Waals surface area contributed by atoms with Gasteiger partial charge in [0.15, 0.2) is 15.5 Å². The molecule has 8 heteroatoms. The zero-order chi connectivity index (χ0) is 20.9. The largest absolute Gasteiger partial charge is 0.349 e. The molecule has 162 valence electrons. The molecular formula is C22H30N4O3S. The van der Waals surface area contributed by atoms with Gasteiger partial charge < -0.3 is 5.32 Å². The molecule has 2 aromatic rings. The molecule has 3 heterocycles. The van der Waals surface area contributed by atoms with Crippen LogP contribution in [0, 0.1) is 6.92 Å². The Labute approximate surface area is 177 Å². The Morgan fingerprint density at radius 1 is 1.10 bits per heavy atom. The van der Waals surface area contributed by atoms with E-state index in [0.717, 1.165) is 55.3 Å². The van der Waals surface area contributed by atoms with Crippen molar-refractivity contribution in [1.82, 2.24) is 20.1 Å². The maximum absolute atomic E-state index is 13.3. The number of carbonyl (C=O) groups is 1. The van der Waals surface area contributed by atoms with Crippen LogP contribution in [0.1, 0.15) is 91.5 Å². The standard InChI is InChI=1S/C22H30N4O3S/c1-14-20-18(22(27)23-16-6-4-2-3-5-7-16)12-19(15-8-9-15)24-21(20)26(25-14)17-10-11-30(28,29)13-17/h12,15-17H,2-11,13H2,1H3,(H,23,27)/t17-/m0/s1. The number of pyridine rings is 1. The predicted octanol–water partition coefficient (Wildman–Crippen LogP) is 3.43. The lowest BCUT2D eigenvalue weighted by atomic mass is 10.0. The fraction of sp³-hybridized carbons (Fsp3) is 0.682. The van der Waals surface area contributed by atoms with Crippen molar-refractivity contribution in [3.05, 3.63) is 23.0 Å². The number of hydrogen-bond acceptors (Lipinski definition) is 5. The summed E-state index contributed by atoms with van der Waals surface area (Å²) in [5, 5.41) is 8.72. The van der Waals surface area contributed by atoms with Gasteiger partial charge >= 0.3 is 0 Å². The summed E-state index contributed by atoms with van der Waals surface area (Å²) < 4.78 is 25.9. The molecule has 1 amide bonds. The fourth-order valence-corrected chi connectivity index (χ4v) is 6.70. The summed E-state index contributed by atoms with van der Waals surface area (Å²) in [5.74, 6) is 0.644. The van der Waals surface area contributed by atoms with Crippen LogP contribution < -0.4 is 5.32 Å². The molecule has 0 unspecified atom stereocenters. The van der Waals surface area contributed by atoms with Crippen molar-refractivity contribution in [2.75, 3.05) is 11.5 Å². The fourth-order valence-electron chi connectivity index (χ4n) is 5.01. The Morgan fingerprint density at radius 3 is 2.47 bits per heavy atom. The molecule has 2 aromatic heterocycles. The van der Waals surface area contributed by atoms with E-state index in [4.69, 9.17) is 4.98 Å². The monoisotopic (exact) mass is 430 g/mol. The summed E-state index contributed by atoms with van der Waals surface area (Å²) in [6.45, 7) is 1.89. The molecule has 0 bridgehead atoms. The first-order chi connectivity index (χ1) is 14.4. The number of aromatic nitrogens is 3. The highest BCUT2D eigenvalue weighted by Gasteiger charge is 2.34. The quantitative estimate of drug-likeness (QED) is 0.750. The van der Waals surface area contributed by atoms with Crippen molar-refractivity contribution in [3.63, 3.8) is 0 Å². The van der Waals surface area contributed by atoms with E-state index in [-0.39, 0.29) is 29.5 Å². The first-order valence-electron chi connectivity index (χ1n) is 11.3. The molecule has 1 saturated heterocycles. The Morgan fingerprint density at radius 2 is 1.83 bits per heavy atom. The average Bonchev–Trinajstić information content (AvgIpc) is 3.47. The van der Waals surface area contributed by atoms with Crippen LogP contribution in [0.4, 0.5) is 0 Å². The summed E-state index contributed by atoms with van der Waals surface area (Å²) >= 11 is 0. The van der Waals surface area contributed by atoms with E-state index in [1.54, 1.807) is 4.68 Å². The molecular weight excluding hydrogens is 400 g/mol. The molecule has 1 aliphatic heterocycles. The van der Waals surface area contributed by atoms with Gasteiger partial charge in [0.05, 0.1) is 34.2 Å². The Balaban J connectivity index is 1.55. The highest BCUT2D eigenvalue weighted by atomic mass is 32.2. The average molecular weight is 431 g/mol. The van der Waals surface area contributed by atoms with Crippen molar-refractivity contribution >= 4 is 26.8 Å². The topological polar surface area (TPSA) is 93.9 Å². The highest BCUT2D eigenvalue weighted by molar-refractivity contribution is 7.91.